The zero-order chi connectivity index (χ0) is 18.1. The van der Waals surface area contributed by atoms with E-state index in [4.69, 9.17) is 4.74 Å². The van der Waals surface area contributed by atoms with Crippen LogP contribution in [-0.4, -0.2) is 29.8 Å². The number of imide groups is 1. The van der Waals surface area contributed by atoms with Crippen molar-refractivity contribution in [2.45, 2.75) is 12.5 Å². The highest BCUT2D eigenvalue weighted by Gasteiger charge is 2.49. The van der Waals surface area contributed by atoms with Crippen LogP contribution in [0.3, 0.4) is 0 Å². The molecular weight excluding hydrogens is 330 g/mol. The molecule has 1 atom stereocenters. The standard InChI is InChI=1S/C20H17N3O3/c1-20(16-8-3-2-4-9-16)18(24)23(19(25)22-20)21-12-14-11-15-7-5-6-10-17(15)26-13-14/h2-12H,13H2,1H3,(H,22,25). The molecule has 3 amide bonds. The Bertz CT molecular complexity index is 936. The van der Waals surface area contributed by atoms with Crippen LogP contribution in [-0.2, 0) is 10.3 Å². The first-order valence-electron chi connectivity index (χ1n) is 8.26. The number of hydrogen-bond acceptors (Lipinski definition) is 4. The number of benzene rings is 2. The molecule has 1 unspecified atom stereocenters. The molecule has 1 fully saturated rings. The van der Waals surface area contributed by atoms with Crippen molar-refractivity contribution in [1.29, 1.82) is 0 Å². The monoisotopic (exact) mass is 347 g/mol. The number of ether oxygens (including phenoxy) is 1. The summed E-state index contributed by atoms with van der Waals surface area (Å²) in [5, 5.41) is 7.69. The number of fused-ring (bicyclic) bond motifs is 1. The van der Waals surface area contributed by atoms with Crippen LogP contribution in [0, 0.1) is 0 Å². The van der Waals surface area contributed by atoms with Crippen molar-refractivity contribution in [3.05, 3.63) is 71.3 Å². The minimum atomic E-state index is -1.13. The van der Waals surface area contributed by atoms with Crippen molar-refractivity contribution in [1.82, 2.24) is 10.3 Å². The van der Waals surface area contributed by atoms with Crippen LogP contribution in [0.4, 0.5) is 4.79 Å². The fraction of sp³-hybridized carbons (Fsp3) is 0.150. The summed E-state index contributed by atoms with van der Waals surface area (Å²) in [4.78, 5) is 25.1. The largest absolute Gasteiger partial charge is 0.488 e. The molecule has 1 saturated heterocycles. The highest BCUT2D eigenvalue weighted by Crippen LogP contribution is 2.29. The lowest BCUT2D eigenvalue weighted by atomic mass is 9.92. The summed E-state index contributed by atoms with van der Waals surface area (Å²) in [5.41, 5.74) is 1.30. The second kappa shape index (κ2) is 6.15. The predicted molar refractivity (Wildman–Crippen MR) is 97.6 cm³/mol. The SMILES string of the molecule is CC1(c2ccccc2)NC(=O)N(N=CC2=Cc3ccccc3OC2)C1=O. The molecule has 26 heavy (non-hydrogen) atoms. The first-order chi connectivity index (χ1) is 12.6. The van der Waals surface area contributed by atoms with Crippen molar-refractivity contribution in [3.63, 3.8) is 0 Å². The van der Waals surface area contributed by atoms with Crippen molar-refractivity contribution < 1.29 is 14.3 Å². The molecule has 6 nitrogen and oxygen atoms in total. The Kier molecular flexibility index (Phi) is 3.80. The van der Waals surface area contributed by atoms with Crippen LogP contribution >= 0.6 is 0 Å². The first kappa shape index (κ1) is 16.1. The third-order valence-electron chi connectivity index (χ3n) is 4.51. The van der Waals surface area contributed by atoms with Crippen molar-refractivity contribution >= 4 is 24.2 Å². The molecule has 2 aromatic rings. The second-order valence-corrected chi connectivity index (χ2v) is 6.33. The van der Waals surface area contributed by atoms with Crippen LogP contribution in [0.5, 0.6) is 5.75 Å². The number of hydrazone groups is 1. The lowest BCUT2D eigenvalue weighted by Crippen LogP contribution is -2.40. The maximum Gasteiger partial charge on any atom is 0.346 e. The van der Waals surface area contributed by atoms with Crippen LogP contribution < -0.4 is 10.1 Å². The highest BCUT2D eigenvalue weighted by molar-refractivity contribution is 6.07. The van der Waals surface area contributed by atoms with Gasteiger partial charge in [0.25, 0.3) is 5.91 Å². The van der Waals surface area contributed by atoms with Gasteiger partial charge in [-0.05, 0) is 24.6 Å². The second-order valence-electron chi connectivity index (χ2n) is 6.33. The topological polar surface area (TPSA) is 71.0 Å². The van der Waals surface area contributed by atoms with Crippen LogP contribution in [0.15, 0.2) is 65.3 Å². The lowest BCUT2D eigenvalue weighted by Gasteiger charge is -2.21. The molecule has 4 rings (SSSR count). The van der Waals surface area contributed by atoms with Crippen molar-refractivity contribution in [2.75, 3.05) is 6.61 Å². The van der Waals surface area contributed by atoms with Gasteiger partial charge in [0.15, 0.2) is 0 Å². The summed E-state index contributed by atoms with van der Waals surface area (Å²) in [5.74, 6) is 0.388. The number of carbonyl (C=O) groups excluding carboxylic acids is 2. The van der Waals surface area contributed by atoms with E-state index in [1.165, 1.54) is 6.21 Å². The number of nitrogens with zero attached hydrogens (tertiary/aromatic N) is 2. The average molecular weight is 347 g/mol. The van der Waals surface area contributed by atoms with Gasteiger partial charge < -0.3 is 10.1 Å². The predicted octanol–water partition coefficient (Wildman–Crippen LogP) is 2.92. The Balaban J connectivity index is 1.58. The summed E-state index contributed by atoms with van der Waals surface area (Å²) < 4.78 is 5.65. The summed E-state index contributed by atoms with van der Waals surface area (Å²) in [6.07, 6.45) is 3.42. The zero-order valence-electron chi connectivity index (χ0n) is 14.2. The summed E-state index contributed by atoms with van der Waals surface area (Å²) in [7, 11) is 0. The lowest BCUT2D eigenvalue weighted by molar-refractivity contribution is -0.131. The van der Waals surface area contributed by atoms with E-state index in [9.17, 15) is 9.59 Å². The van der Waals surface area contributed by atoms with Gasteiger partial charge in [0, 0.05) is 11.1 Å². The van der Waals surface area contributed by atoms with E-state index in [0.717, 1.165) is 21.9 Å². The molecule has 2 aliphatic heterocycles. The van der Waals surface area contributed by atoms with Crippen molar-refractivity contribution in [2.24, 2.45) is 5.10 Å². The Morgan fingerprint density at radius 2 is 1.85 bits per heavy atom. The quantitative estimate of drug-likeness (QED) is 0.685. The number of carbonyl (C=O) groups is 2. The van der Waals surface area contributed by atoms with E-state index >= 15 is 0 Å². The molecule has 0 aliphatic carbocycles. The third kappa shape index (κ3) is 2.65. The van der Waals surface area contributed by atoms with Gasteiger partial charge in [0.05, 0.1) is 6.21 Å². The van der Waals surface area contributed by atoms with Gasteiger partial charge in [0.2, 0.25) is 0 Å². The molecule has 1 N–H and O–H groups in total. The summed E-state index contributed by atoms with van der Waals surface area (Å²) in [6, 6.07) is 16.2. The van der Waals surface area contributed by atoms with Gasteiger partial charge in [-0.2, -0.15) is 5.10 Å². The third-order valence-corrected chi connectivity index (χ3v) is 4.51. The number of urea groups is 1. The molecule has 0 radical (unpaired) electrons. The van der Waals surface area contributed by atoms with E-state index in [1.54, 1.807) is 19.1 Å². The fourth-order valence-corrected chi connectivity index (χ4v) is 3.04. The molecule has 0 saturated carbocycles. The molecule has 2 aromatic carbocycles. The van der Waals surface area contributed by atoms with E-state index in [1.807, 2.05) is 48.5 Å². The summed E-state index contributed by atoms with van der Waals surface area (Å²) in [6.45, 7) is 2.01. The van der Waals surface area contributed by atoms with Gasteiger partial charge in [-0.1, -0.05) is 48.5 Å². The van der Waals surface area contributed by atoms with Gasteiger partial charge in [-0.3, -0.25) is 4.79 Å². The number of amides is 3. The molecular formula is C20H17N3O3. The smallest absolute Gasteiger partial charge is 0.346 e. The minimum absolute atomic E-state index is 0.333. The van der Waals surface area contributed by atoms with Crippen LogP contribution in [0.1, 0.15) is 18.1 Å². The molecule has 130 valence electrons. The molecule has 0 spiro atoms. The average Bonchev–Trinajstić information content (AvgIpc) is 2.90. The van der Waals surface area contributed by atoms with E-state index < -0.39 is 17.5 Å². The Morgan fingerprint density at radius 1 is 1.12 bits per heavy atom. The van der Waals surface area contributed by atoms with Crippen LogP contribution in [0.25, 0.3) is 6.08 Å². The number of para-hydroxylation sites is 1. The minimum Gasteiger partial charge on any atom is -0.488 e. The number of rotatable bonds is 3. The molecule has 0 aromatic heterocycles. The van der Waals surface area contributed by atoms with Crippen molar-refractivity contribution in [3.8, 4) is 5.75 Å². The number of nitrogens with one attached hydrogen (secondary N) is 1. The van der Waals surface area contributed by atoms with Gasteiger partial charge in [-0.25, -0.2) is 4.79 Å². The Morgan fingerprint density at radius 3 is 2.65 bits per heavy atom. The van der Waals surface area contributed by atoms with Gasteiger partial charge in [0.1, 0.15) is 17.9 Å². The molecule has 2 heterocycles. The zero-order valence-corrected chi connectivity index (χ0v) is 14.2. The first-order valence-corrected chi connectivity index (χ1v) is 8.26. The normalized spacial score (nSPS) is 22.0. The maximum atomic E-state index is 12.8. The van der Waals surface area contributed by atoms with Gasteiger partial charge >= 0.3 is 6.03 Å². The molecule has 6 heteroatoms. The Labute approximate surface area is 150 Å². The van der Waals surface area contributed by atoms with E-state index in [2.05, 4.69) is 10.4 Å². The fourth-order valence-electron chi connectivity index (χ4n) is 3.04. The number of hydrogen-bond donors (Lipinski definition) is 1. The van der Waals surface area contributed by atoms with Gasteiger partial charge in [-0.15, -0.1) is 5.01 Å². The molecule has 2 aliphatic rings. The van der Waals surface area contributed by atoms with E-state index in [0.29, 0.717) is 12.2 Å². The maximum absolute atomic E-state index is 12.8. The van der Waals surface area contributed by atoms with Crippen LogP contribution in [0.2, 0.25) is 0 Å². The Hall–Kier alpha value is -3.41. The summed E-state index contributed by atoms with van der Waals surface area (Å²) >= 11 is 0. The molecule has 0 bridgehead atoms. The van der Waals surface area contributed by atoms with E-state index in [-0.39, 0.29) is 0 Å². The highest BCUT2D eigenvalue weighted by atomic mass is 16.5.